The minimum atomic E-state index is -0.142. The Morgan fingerprint density at radius 1 is 1.11 bits per heavy atom. The first-order chi connectivity index (χ1) is 13.6. The number of fused-ring (bicyclic) bond motifs is 1. The monoisotopic (exact) mass is 377 g/mol. The number of aryl methyl sites for hydroxylation is 1. The van der Waals surface area contributed by atoms with Crippen molar-refractivity contribution in [2.75, 3.05) is 31.5 Å². The van der Waals surface area contributed by atoms with Crippen molar-refractivity contribution >= 4 is 17.2 Å². The number of carbonyl (C=O) groups excluding carboxylic acids is 1. The number of para-hydroxylation sites is 1. The fraction of sp³-hybridized carbons (Fsp3) is 0.364. The van der Waals surface area contributed by atoms with Crippen molar-refractivity contribution in [3.8, 4) is 0 Å². The van der Waals surface area contributed by atoms with Gasteiger partial charge in [0.1, 0.15) is 5.65 Å². The number of benzene rings is 1. The summed E-state index contributed by atoms with van der Waals surface area (Å²) in [5.41, 5.74) is 4.05. The van der Waals surface area contributed by atoms with Gasteiger partial charge in [-0.25, -0.2) is 4.98 Å². The van der Waals surface area contributed by atoms with Crippen molar-refractivity contribution in [3.63, 3.8) is 0 Å². The Morgan fingerprint density at radius 3 is 2.61 bits per heavy atom. The van der Waals surface area contributed by atoms with Gasteiger partial charge >= 0.3 is 0 Å². The molecule has 1 unspecified atom stereocenters. The molecule has 28 heavy (non-hydrogen) atoms. The van der Waals surface area contributed by atoms with Gasteiger partial charge < -0.3 is 9.72 Å². The molecule has 1 amide bonds. The molecule has 1 saturated heterocycles. The normalized spacial score (nSPS) is 16.9. The molecule has 6 nitrogen and oxygen atoms in total. The van der Waals surface area contributed by atoms with E-state index in [1.54, 1.807) is 0 Å². The number of piperazine rings is 1. The van der Waals surface area contributed by atoms with E-state index in [0.717, 1.165) is 55.3 Å². The van der Waals surface area contributed by atoms with Crippen molar-refractivity contribution in [3.05, 3.63) is 66.1 Å². The molecule has 1 aliphatic rings. The Bertz CT molecular complexity index is 925. The second-order valence-electron chi connectivity index (χ2n) is 7.49. The summed E-state index contributed by atoms with van der Waals surface area (Å²) in [7, 11) is 0. The smallest absolute Gasteiger partial charge is 0.241 e. The first-order valence-electron chi connectivity index (χ1n) is 9.85. The van der Waals surface area contributed by atoms with Gasteiger partial charge in [0.15, 0.2) is 0 Å². The van der Waals surface area contributed by atoms with Crippen molar-refractivity contribution in [2.45, 2.75) is 26.4 Å². The molecule has 1 aliphatic heterocycles. The lowest BCUT2D eigenvalue weighted by Gasteiger charge is -2.37. The van der Waals surface area contributed by atoms with Crippen molar-refractivity contribution in [1.29, 1.82) is 0 Å². The van der Waals surface area contributed by atoms with Crippen molar-refractivity contribution in [2.24, 2.45) is 0 Å². The van der Waals surface area contributed by atoms with Crippen LogP contribution in [0.1, 0.15) is 18.2 Å². The third kappa shape index (κ3) is 4.08. The van der Waals surface area contributed by atoms with E-state index in [9.17, 15) is 4.79 Å². The predicted octanol–water partition coefficient (Wildman–Crippen LogP) is 2.79. The van der Waals surface area contributed by atoms with Crippen LogP contribution in [0.2, 0.25) is 0 Å². The summed E-state index contributed by atoms with van der Waals surface area (Å²) in [4.78, 5) is 22.0. The summed E-state index contributed by atoms with van der Waals surface area (Å²) >= 11 is 0. The molecule has 1 N–H and O–H groups in total. The van der Waals surface area contributed by atoms with Gasteiger partial charge in [-0.05, 0) is 37.6 Å². The summed E-state index contributed by atoms with van der Waals surface area (Å²) < 4.78 is 2.06. The van der Waals surface area contributed by atoms with Crippen LogP contribution in [0.25, 0.3) is 5.65 Å². The Morgan fingerprint density at radius 2 is 1.86 bits per heavy atom. The molecule has 1 aromatic carbocycles. The molecular formula is C22H27N5O. The van der Waals surface area contributed by atoms with E-state index in [1.165, 1.54) is 0 Å². The zero-order valence-electron chi connectivity index (χ0n) is 16.5. The van der Waals surface area contributed by atoms with E-state index < -0.39 is 0 Å². The second-order valence-corrected chi connectivity index (χ2v) is 7.49. The number of carbonyl (C=O) groups is 1. The number of imidazole rings is 1. The summed E-state index contributed by atoms with van der Waals surface area (Å²) in [5, 5.41) is 3.07. The molecule has 0 saturated carbocycles. The highest BCUT2D eigenvalue weighted by atomic mass is 16.2. The van der Waals surface area contributed by atoms with Crippen molar-refractivity contribution < 1.29 is 4.79 Å². The molecule has 6 heteroatoms. The van der Waals surface area contributed by atoms with Gasteiger partial charge in [-0.3, -0.25) is 14.6 Å². The second kappa shape index (κ2) is 8.12. The molecule has 0 spiro atoms. The lowest BCUT2D eigenvalue weighted by Crippen LogP contribution is -2.52. The number of nitrogens with zero attached hydrogens (tertiary/aromatic N) is 4. The average molecular weight is 377 g/mol. The van der Waals surface area contributed by atoms with Gasteiger partial charge in [-0.1, -0.05) is 24.3 Å². The van der Waals surface area contributed by atoms with Crippen LogP contribution >= 0.6 is 0 Å². The highest BCUT2D eigenvalue weighted by molar-refractivity contribution is 5.95. The molecule has 3 heterocycles. The predicted molar refractivity (Wildman–Crippen MR) is 111 cm³/mol. The minimum Gasteiger partial charge on any atom is -0.324 e. The Hall–Kier alpha value is -2.70. The molecule has 4 rings (SSSR count). The van der Waals surface area contributed by atoms with Crippen molar-refractivity contribution in [1.82, 2.24) is 19.2 Å². The van der Waals surface area contributed by atoms with Gasteiger partial charge in [0, 0.05) is 50.8 Å². The molecule has 3 aromatic rings. The largest absolute Gasteiger partial charge is 0.324 e. The summed E-state index contributed by atoms with van der Waals surface area (Å²) in [6.45, 7) is 8.50. The Kier molecular flexibility index (Phi) is 5.41. The van der Waals surface area contributed by atoms with Gasteiger partial charge in [-0.15, -0.1) is 0 Å². The number of nitrogens with one attached hydrogen (secondary N) is 1. The van der Waals surface area contributed by atoms with Crippen LogP contribution in [0.4, 0.5) is 5.69 Å². The lowest BCUT2D eigenvalue weighted by molar-refractivity contribution is -0.121. The number of anilines is 1. The lowest BCUT2D eigenvalue weighted by atomic mass is 10.1. The maximum absolute atomic E-state index is 12.7. The SMILES string of the molecule is Cc1ccccc1NC(=O)C(C)N1CCN(Cc2cn3ccccc3n2)CC1. The summed E-state index contributed by atoms with van der Waals surface area (Å²) in [6.07, 6.45) is 4.12. The van der Waals surface area contributed by atoms with Crippen LogP contribution in [0.5, 0.6) is 0 Å². The topological polar surface area (TPSA) is 52.9 Å². The highest BCUT2D eigenvalue weighted by Gasteiger charge is 2.26. The zero-order valence-corrected chi connectivity index (χ0v) is 16.5. The summed E-state index contributed by atoms with van der Waals surface area (Å²) in [6, 6.07) is 13.8. The van der Waals surface area contributed by atoms with Crippen LogP contribution < -0.4 is 5.32 Å². The van der Waals surface area contributed by atoms with Gasteiger partial charge in [0.05, 0.1) is 11.7 Å². The zero-order chi connectivity index (χ0) is 19.5. The van der Waals surface area contributed by atoms with Gasteiger partial charge in [0.25, 0.3) is 0 Å². The van der Waals surface area contributed by atoms with E-state index in [1.807, 2.05) is 62.5 Å². The molecule has 146 valence electrons. The maximum Gasteiger partial charge on any atom is 0.241 e. The fourth-order valence-electron chi connectivity index (χ4n) is 3.72. The Labute approximate surface area is 165 Å². The number of amides is 1. The van der Waals surface area contributed by atoms with E-state index in [-0.39, 0.29) is 11.9 Å². The van der Waals surface area contributed by atoms with E-state index in [4.69, 9.17) is 0 Å². The fourth-order valence-corrected chi connectivity index (χ4v) is 3.72. The molecule has 2 aromatic heterocycles. The number of hydrogen-bond acceptors (Lipinski definition) is 4. The molecule has 0 bridgehead atoms. The third-order valence-corrected chi connectivity index (χ3v) is 5.54. The van der Waals surface area contributed by atoms with Crippen LogP contribution in [0.15, 0.2) is 54.9 Å². The average Bonchev–Trinajstić information content (AvgIpc) is 3.12. The molecular weight excluding hydrogens is 350 g/mol. The molecule has 1 fully saturated rings. The standard InChI is InChI=1S/C22H27N5O/c1-17-7-3-4-8-20(17)24-22(28)18(2)26-13-11-25(12-14-26)15-19-16-27-10-6-5-9-21(27)23-19/h3-10,16,18H,11-15H2,1-2H3,(H,24,28). The van der Waals surface area contributed by atoms with E-state index >= 15 is 0 Å². The third-order valence-electron chi connectivity index (χ3n) is 5.54. The van der Waals surface area contributed by atoms with E-state index in [2.05, 4.69) is 30.7 Å². The first-order valence-corrected chi connectivity index (χ1v) is 9.85. The number of rotatable bonds is 5. The first kappa shape index (κ1) is 18.7. The van der Waals surface area contributed by atoms with Crippen LogP contribution in [-0.4, -0.2) is 57.3 Å². The quantitative estimate of drug-likeness (QED) is 0.743. The van der Waals surface area contributed by atoms with Gasteiger partial charge in [-0.2, -0.15) is 0 Å². The number of pyridine rings is 1. The molecule has 0 aliphatic carbocycles. The molecule has 0 radical (unpaired) electrons. The van der Waals surface area contributed by atoms with E-state index in [0.29, 0.717) is 0 Å². The van der Waals surface area contributed by atoms with Crippen LogP contribution in [0, 0.1) is 6.92 Å². The maximum atomic E-state index is 12.7. The van der Waals surface area contributed by atoms with Crippen LogP contribution in [0.3, 0.4) is 0 Å². The minimum absolute atomic E-state index is 0.0584. The Balaban J connectivity index is 1.30. The molecule has 1 atom stereocenters. The summed E-state index contributed by atoms with van der Waals surface area (Å²) in [5.74, 6) is 0.0584. The number of hydrogen-bond donors (Lipinski definition) is 1. The highest BCUT2D eigenvalue weighted by Crippen LogP contribution is 2.16. The number of aromatic nitrogens is 2. The van der Waals surface area contributed by atoms with Gasteiger partial charge in [0.2, 0.25) is 5.91 Å². The van der Waals surface area contributed by atoms with Crippen LogP contribution in [-0.2, 0) is 11.3 Å².